The van der Waals surface area contributed by atoms with Gasteiger partial charge in [0, 0.05) is 31.1 Å². The summed E-state index contributed by atoms with van der Waals surface area (Å²) in [6.45, 7) is 3.22. The Hall–Kier alpha value is -2.35. The van der Waals surface area contributed by atoms with Crippen LogP contribution in [0.3, 0.4) is 0 Å². The first-order valence-electron chi connectivity index (χ1n) is 7.85. The number of likely N-dealkylation sites (tertiary alicyclic amines) is 1. The number of thioether (sulfide) groups is 1. The van der Waals surface area contributed by atoms with Gasteiger partial charge < -0.3 is 13.7 Å². The van der Waals surface area contributed by atoms with Crippen molar-refractivity contribution in [1.29, 1.82) is 0 Å². The van der Waals surface area contributed by atoms with Crippen molar-refractivity contribution in [3.05, 3.63) is 41.7 Å². The van der Waals surface area contributed by atoms with Gasteiger partial charge in [0.2, 0.25) is 11.8 Å². The number of carbonyl (C=O) groups is 1. The van der Waals surface area contributed by atoms with Crippen molar-refractivity contribution >= 4 is 23.3 Å². The van der Waals surface area contributed by atoms with Crippen LogP contribution in [0.5, 0.6) is 0 Å². The van der Waals surface area contributed by atoms with Gasteiger partial charge in [0.15, 0.2) is 0 Å². The molecule has 8 heteroatoms. The highest BCUT2D eigenvalue weighted by atomic mass is 32.2. The number of aromatic nitrogens is 4. The van der Waals surface area contributed by atoms with E-state index >= 15 is 0 Å². The number of amides is 1. The minimum Gasteiger partial charge on any atom is -0.414 e. The van der Waals surface area contributed by atoms with E-state index in [0.717, 1.165) is 29.9 Å². The molecular weight excluding hydrogens is 326 g/mol. The molecule has 1 fully saturated rings. The number of pyridine rings is 1. The highest BCUT2D eigenvalue weighted by Gasteiger charge is 2.22. The Morgan fingerprint density at radius 2 is 2.29 bits per heavy atom. The fourth-order valence-corrected chi connectivity index (χ4v) is 3.47. The highest BCUT2D eigenvalue weighted by molar-refractivity contribution is 7.98. The van der Waals surface area contributed by atoms with Crippen LogP contribution >= 0.6 is 11.8 Å². The molecular formula is C16H17N5O2S. The summed E-state index contributed by atoms with van der Waals surface area (Å²) < 4.78 is 7.64. The van der Waals surface area contributed by atoms with Crippen LogP contribution in [-0.4, -0.2) is 36.9 Å². The molecule has 3 aromatic rings. The first-order chi connectivity index (χ1) is 11.7. The molecule has 7 nitrogen and oxygen atoms in total. The van der Waals surface area contributed by atoms with Crippen LogP contribution in [0, 0.1) is 6.92 Å². The lowest BCUT2D eigenvalue weighted by molar-refractivity contribution is -0.128. The average molecular weight is 343 g/mol. The lowest BCUT2D eigenvalue weighted by Crippen LogP contribution is -2.23. The van der Waals surface area contributed by atoms with Gasteiger partial charge >= 0.3 is 0 Å². The second kappa shape index (κ2) is 6.27. The zero-order chi connectivity index (χ0) is 16.5. The number of fused-ring (bicyclic) bond motifs is 1. The maximum Gasteiger partial charge on any atom is 0.277 e. The van der Waals surface area contributed by atoms with Gasteiger partial charge in [-0.25, -0.2) is 4.98 Å². The molecule has 124 valence electrons. The van der Waals surface area contributed by atoms with Crippen LogP contribution in [0.4, 0.5) is 0 Å². The molecule has 0 N–H and O–H groups in total. The lowest BCUT2D eigenvalue weighted by Gasteiger charge is -2.11. The topological polar surface area (TPSA) is 76.5 Å². The second-order valence-corrected chi connectivity index (χ2v) is 6.75. The number of nitrogens with zero attached hydrogens (tertiary/aromatic N) is 5. The van der Waals surface area contributed by atoms with Gasteiger partial charge in [-0.2, -0.15) is 0 Å². The first-order valence-corrected chi connectivity index (χ1v) is 8.84. The predicted octanol–water partition coefficient (Wildman–Crippen LogP) is 2.44. The summed E-state index contributed by atoms with van der Waals surface area (Å²) in [6.07, 6.45) is 5.52. The Labute approximate surface area is 143 Å². The summed E-state index contributed by atoms with van der Waals surface area (Å²) in [5.41, 5.74) is 3.07. The Morgan fingerprint density at radius 3 is 3.08 bits per heavy atom. The molecule has 24 heavy (non-hydrogen) atoms. The van der Waals surface area contributed by atoms with Crippen molar-refractivity contribution in [3.8, 4) is 0 Å². The van der Waals surface area contributed by atoms with Gasteiger partial charge in [0.05, 0.1) is 12.2 Å². The number of hydrogen-bond acceptors (Lipinski definition) is 6. The van der Waals surface area contributed by atoms with Gasteiger partial charge in [-0.05, 0) is 25.0 Å². The second-order valence-electron chi connectivity index (χ2n) is 5.82. The predicted molar refractivity (Wildman–Crippen MR) is 88.4 cm³/mol. The molecule has 0 aliphatic carbocycles. The number of hydrogen-bond donors (Lipinski definition) is 0. The zero-order valence-electron chi connectivity index (χ0n) is 13.3. The summed E-state index contributed by atoms with van der Waals surface area (Å²) in [5.74, 6) is 1.30. The van der Waals surface area contributed by atoms with Crippen LogP contribution in [0.25, 0.3) is 5.65 Å². The lowest BCUT2D eigenvalue weighted by atomic mass is 10.3. The monoisotopic (exact) mass is 343 g/mol. The van der Waals surface area contributed by atoms with Crippen LogP contribution in [0.15, 0.2) is 34.2 Å². The molecule has 0 spiro atoms. The Balaban J connectivity index is 1.40. The van der Waals surface area contributed by atoms with Crippen molar-refractivity contribution in [2.24, 2.45) is 0 Å². The minimum atomic E-state index is 0.155. The van der Waals surface area contributed by atoms with Gasteiger partial charge in [-0.15, -0.1) is 10.2 Å². The van der Waals surface area contributed by atoms with E-state index in [1.54, 1.807) is 4.90 Å². The number of aryl methyl sites for hydroxylation is 1. The van der Waals surface area contributed by atoms with E-state index in [2.05, 4.69) is 15.2 Å². The standard InChI is InChI=1S/C16H17N5O2S/c1-11-4-2-7-21-8-12(17-15(11)21)10-24-16-19-18-13(23-16)9-20-6-3-5-14(20)22/h2,4,7-8H,3,5-6,9-10H2,1H3. The van der Waals surface area contributed by atoms with Crippen LogP contribution in [-0.2, 0) is 17.1 Å². The molecule has 1 aliphatic rings. The number of imidazole rings is 1. The maximum absolute atomic E-state index is 11.6. The highest BCUT2D eigenvalue weighted by Crippen LogP contribution is 2.23. The molecule has 1 aliphatic heterocycles. The van der Waals surface area contributed by atoms with E-state index < -0.39 is 0 Å². The smallest absolute Gasteiger partial charge is 0.277 e. The van der Waals surface area contributed by atoms with E-state index in [4.69, 9.17) is 4.42 Å². The Morgan fingerprint density at radius 1 is 1.38 bits per heavy atom. The fraction of sp³-hybridized carbons (Fsp3) is 0.375. The van der Waals surface area contributed by atoms with E-state index in [0.29, 0.717) is 29.8 Å². The van der Waals surface area contributed by atoms with Gasteiger partial charge in [0.1, 0.15) is 5.65 Å². The summed E-state index contributed by atoms with van der Waals surface area (Å²) in [7, 11) is 0. The molecule has 1 saturated heterocycles. The molecule has 0 bridgehead atoms. The number of rotatable bonds is 5. The van der Waals surface area contributed by atoms with Crippen molar-refractivity contribution < 1.29 is 9.21 Å². The average Bonchev–Trinajstić information content (AvgIpc) is 3.27. The van der Waals surface area contributed by atoms with Crippen molar-refractivity contribution in [3.63, 3.8) is 0 Å². The summed E-state index contributed by atoms with van der Waals surface area (Å²) in [4.78, 5) is 18.0. The third kappa shape index (κ3) is 3.01. The SMILES string of the molecule is Cc1cccn2cc(CSc3nnc(CN4CCCC4=O)o3)nc12. The summed E-state index contributed by atoms with van der Waals surface area (Å²) >= 11 is 1.45. The Bertz CT molecular complexity index is 888. The van der Waals surface area contributed by atoms with Crippen LogP contribution in [0.1, 0.15) is 30.0 Å². The van der Waals surface area contributed by atoms with Crippen LogP contribution < -0.4 is 0 Å². The van der Waals surface area contributed by atoms with E-state index in [9.17, 15) is 4.79 Å². The largest absolute Gasteiger partial charge is 0.414 e. The third-order valence-corrected chi connectivity index (χ3v) is 4.87. The zero-order valence-corrected chi connectivity index (χ0v) is 14.1. The Kier molecular flexibility index (Phi) is 3.97. The van der Waals surface area contributed by atoms with Gasteiger partial charge in [-0.1, -0.05) is 17.8 Å². The molecule has 4 rings (SSSR count). The van der Waals surface area contributed by atoms with Crippen molar-refractivity contribution in [2.75, 3.05) is 6.54 Å². The third-order valence-electron chi connectivity index (χ3n) is 4.02. The van der Waals surface area contributed by atoms with Crippen LogP contribution in [0.2, 0.25) is 0 Å². The molecule has 0 unspecified atom stereocenters. The summed E-state index contributed by atoms with van der Waals surface area (Å²) in [6, 6.07) is 4.05. The minimum absolute atomic E-state index is 0.155. The van der Waals surface area contributed by atoms with Gasteiger partial charge in [0.25, 0.3) is 5.22 Å². The van der Waals surface area contributed by atoms with Crippen molar-refractivity contribution in [2.45, 2.75) is 37.3 Å². The summed E-state index contributed by atoms with van der Waals surface area (Å²) in [5, 5.41) is 8.57. The number of carbonyl (C=O) groups excluding carboxylic acids is 1. The van der Waals surface area contributed by atoms with E-state index in [-0.39, 0.29) is 5.91 Å². The van der Waals surface area contributed by atoms with E-state index in [1.165, 1.54) is 11.8 Å². The maximum atomic E-state index is 11.6. The molecule has 1 amide bonds. The van der Waals surface area contributed by atoms with E-state index in [1.807, 2.05) is 35.9 Å². The van der Waals surface area contributed by atoms with Gasteiger partial charge in [-0.3, -0.25) is 4.79 Å². The molecule has 0 atom stereocenters. The molecule has 4 heterocycles. The molecule has 3 aromatic heterocycles. The quantitative estimate of drug-likeness (QED) is 0.662. The molecule has 0 aromatic carbocycles. The van der Waals surface area contributed by atoms with Crippen molar-refractivity contribution in [1.82, 2.24) is 24.5 Å². The molecule has 0 saturated carbocycles. The first kappa shape index (κ1) is 15.2. The normalized spacial score (nSPS) is 14.9. The fourth-order valence-electron chi connectivity index (χ4n) is 2.80. The molecule has 0 radical (unpaired) electrons.